The van der Waals surface area contributed by atoms with Crippen molar-refractivity contribution in [2.24, 2.45) is 0 Å². The average Bonchev–Trinajstić information content (AvgIpc) is 2.75. The monoisotopic (exact) mass is 390 g/mol. The molecule has 0 aliphatic carbocycles. The number of nitrogens with one attached hydrogen (secondary N) is 2. The fraction of sp³-hybridized carbons (Fsp3) is 0.182. The van der Waals surface area contributed by atoms with E-state index in [1.807, 2.05) is 30.3 Å². The number of ether oxygens (including phenoxy) is 1. The minimum atomic E-state index is -0.281. The van der Waals surface area contributed by atoms with Crippen molar-refractivity contribution in [1.29, 1.82) is 0 Å². The number of benzene rings is 2. The number of carbonyl (C=O) groups excluding carboxylic acids is 2. The smallest absolute Gasteiger partial charge is 0.271 e. The largest absolute Gasteiger partial charge is 0.497 e. The fourth-order valence-corrected chi connectivity index (χ4v) is 2.68. The van der Waals surface area contributed by atoms with E-state index in [0.717, 1.165) is 17.0 Å². The summed E-state index contributed by atoms with van der Waals surface area (Å²) >= 11 is 0. The van der Waals surface area contributed by atoms with Crippen molar-refractivity contribution in [3.05, 3.63) is 77.7 Å². The van der Waals surface area contributed by atoms with Gasteiger partial charge in [0.2, 0.25) is 0 Å². The number of nitrogens with zero attached hydrogens (tertiary/aromatic N) is 2. The highest BCUT2D eigenvalue weighted by atomic mass is 16.5. The van der Waals surface area contributed by atoms with E-state index in [1.54, 1.807) is 25.3 Å². The molecular formula is C22H22N4O3. The van der Waals surface area contributed by atoms with Crippen molar-refractivity contribution in [2.45, 2.75) is 13.3 Å². The van der Waals surface area contributed by atoms with E-state index >= 15 is 0 Å². The number of anilines is 2. The second-order valence-electron chi connectivity index (χ2n) is 6.40. The lowest BCUT2D eigenvalue weighted by Crippen LogP contribution is -2.26. The van der Waals surface area contributed by atoms with Crippen molar-refractivity contribution in [3.8, 4) is 5.75 Å². The molecule has 7 heteroatoms. The van der Waals surface area contributed by atoms with Crippen LogP contribution in [0.2, 0.25) is 0 Å². The zero-order chi connectivity index (χ0) is 20.6. The first-order chi connectivity index (χ1) is 14.0. The number of ketones is 1. The zero-order valence-corrected chi connectivity index (χ0v) is 16.3. The number of hydrogen-bond acceptors (Lipinski definition) is 6. The molecule has 2 aromatic carbocycles. The molecule has 0 atom stereocenters. The molecule has 0 saturated carbocycles. The summed E-state index contributed by atoms with van der Waals surface area (Å²) in [5.41, 5.74) is 2.67. The van der Waals surface area contributed by atoms with Gasteiger partial charge in [0.05, 0.1) is 19.5 Å². The van der Waals surface area contributed by atoms with E-state index in [0.29, 0.717) is 24.3 Å². The van der Waals surface area contributed by atoms with Crippen LogP contribution in [0.5, 0.6) is 5.75 Å². The highest BCUT2D eigenvalue weighted by Gasteiger charge is 2.08. The van der Waals surface area contributed by atoms with Crippen LogP contribution in [-0.2, 0) is 6.42 Å². The van der Waals surface area contributed by atoms with Gasteiger partial charge in [-0.05, 0) is 43.2 Å². The average molecular weight is 390 g/mol. The minimum absolute atomic E-state index is 0.0126. The summed E-state index contributed by atoms with van der Waals surface area (Å²) in [6.45, 7) is 2.01. The van der Waals surface area contributed by atoms with Gasteiger partial charge in [-0.15, -0.1) is 0 Å². The van der Waals surface area contributed by atoms with E-state index in [2.05, 4.69) is 20.6 Å². The maximum absolute atomic E-state index is 12.2. The Bertz CT molecular complexity index is 986. The van der Waals surface area contributed by atoms with Crippen LogP contribution in [0.4, 0.5) is 11.5 Å². The van der Waals surface area contributed by atoms with Crippen LogP contribution in [0.3, 0.4) is 0 Å². The summed E-state index contributed by atoms with van der Waals surface area (Å²) in [7, 11) is 1.63. The number of hydrogen-bond donors (Lipinski definition) is 2. The third-order valence-electron chi connectivity index (χ3n) is 4.28. The molecule has 0 radical (unpaired) electrons. The van der Waals surface area contributed by atoms with Gasteiger partial charge >= 0.3 is 0 Å². The van der Waals surface area contributed by atoms with Gasteiger partial charge in [-0.3, -0.25) is 9.59 Å². The molecule has 1 amide bonds. The van der Waals surface area contributed by atoms with E-state index < -0.39 is 0 Å². The summed E-state index contributed by atoms with van der Waals surface area (Å²) in [5.74, 6) is 0.993. The molecule has 0 aliphatic heterocycles. The normalized spacial score (nSPS) is 10.3. The van der Waals surface area contributed by atoms with Gasteiger partial charge < -0.3 is 15.4 Å². The molecule has 148 valence electrons. The van der Waals surface area contributed by atoms with E-state index in [4.69, 9.17) is 4.74 Å². The summed E-state index contributed by atoms with van der Waals surface area (Å²) in [6, 6.07) is 14.8. The van der Waals surface area contributed by atoms with Gasteiger partial charge in [0.1, 0.15) is 17.3 Å². The van der Waals surface area contributed by atoms with Crippen molar-refractivity contribution in [1.82, 2.24) is 15.3 Å². The maximum atomic E-state index is 12.2. The van der Waals surface area contributed by atoms with Crippen molar-refractivity contribution < 1.29 is 14.3 Å². The van der Waals surface area contributed by atoms with Crippen LogP contribution < -0.4 is 15.4 Å². The number of Topliss-reactive ketones (excluding diaryl/α,β-unsaturated/α-hetero) is 1. The maximum Gasteiger partial charge on any atom is 0.271 e. The first-order valence-electron chi connectivity index (χ1n) is 9.16. The van der Waals surface area contributed by atoms with Gasteiger partial charge in [-0.2, -0.15) is 0 Å². The quantitative estimate of drug-likeness (QED) is 0.573. The zero-order valence-electron chi connectivity index (χ0n) is 16.3. The SMILES string of the molecule is COc1ccc(CCNC(=O)c2cnc(Nc3cccc(C(C)=O)c3)cn2)cc1. The summed E-state index contributed by atoms with van der Waals surface area (Å²) in [5, 5.41) is 5.91. The first-order valence-corrected chi connectivity index (χ1v) is 9.16. The molecule has 0 aliphatic rings. The van der Waals surface area contributed by atoms with Crippen LogP contribution in [0.15, 0.2) is 60.9 Å². The molecule has 2 N–H and O–H groups in total. The van der Waals surface area contributed by atoms with Crippen LogP contribution in [0.25, 0.3) is 0 Å². The minimum Gasteiger partial charge on any atom is -0.497 e. The predicted molar refractivity (Wildman–Crippen MR) is 111 cm³/mol. The predicted octanol–water partition coefficient (Wildman–Crippen LogP) is 3.40. The van der Waals surface area contributed by atoms with E-state index in [-0.39, 0.29) is 17.4 Å². The Balaban J connectivity index is 1.53. The topological polar surface area (TPSA) is 93.2 Å². The molecule has 0 unspecified atom stereocenters. The molecule has 0 fully saturated rings. The second kappa shape index (κ2) is 9.45. The lowest BCUT2D eigenvalue weighted by Gasteiger charge is -2.08. The number of carbonyl (C=O) groups is 2. The Labute approximate surface area is 169 Å². The first kappa shape index (κ1) is 20.0. The highest BCUT2D eigenvalue weighted by molar-refractivity contribution is 5.95. The standard InChI is InChI=1S/C22H22N4O3/c1-15(27)17-4-3-5-18(12-17)26-21-14-24-20(13-25-21)22(28)23-11-10-16-6-8-19(29-2)9-7-16/h3-9,12-14H,10-11H2,1-2H3,(H,23,28)(H,25,26). The Morgan fingerprint density at radius 2 is 1.83 bits per heavy atom. The van der Waals surface area contributed by atoms with Crippen LogP contribution in [0, 0.1) is 0 Å². The molecule has 0 saturated heterocycles. The Hall–Kier alpha value is -3.74. The van der Waals surface area contributed by atoms with Crippen LogP contribution in [0.1, 0.15) is 33.3 Å². The Kier molecular flexibility index (Phi) is 6.52. The molecule has 0 spiro atoms. The number of methoxy groups -OCH3 is 1. The summed E-state index contributed by atoms with van der Waals surface area (Å²) in [4.78, 5) is 32.1. The molecule has 1 aromatic heterocycles. The van der Waals surface area contributed by atoms with E-state index in [1.165, 1.54) is 19.3 Å². The van der Waals surface area contributed by atoms with Crippen molar-refractivity contribution in [2.75, 3.05) is 19.0 Å². The molecule has 7 nitrogen and oxygen atoms in total. The number of amides is 1. The molecule has 0 bridgehead atoms. The summed E-state index contributed by atoms with van der Waals surface area (Å²) in [6.07, 6.45) is 3.61. The van der Waals surface area contributed by atoms with Crippen molar-refractivity contribution in [3.63, 3.8) is 0 Å². The molecule has 3 rings (SSSR count). The molecular weight excluding hydrogens is 368 g/mol. The van der Waals surface area contributed by atoms with Gasteiger partial charge in [0.25, 0.3) is 5.91 Å². The van der Waals surface area contributed by atoms with Gasteiger partial charge in [-0.25, -0.2) is 9.97 Å². The van der Waals surface area contributed by atoms with Crippen LogP contribution in [-0.4, -0.2) is 35.3 Å². The second-order valence-corrected chi connectivity index (χ2v) is 6.40. The lowest BCUT2D eigenvalue weighted by atomic mass is 10.1. The third kappa shape index (κ3) is 5.62. The van der Waals surface area contributed by atoms with Gasteiger partial charge in [0.15, 0.2) is 5.78 Å². The summed E-state index contributed by atoms with van der Waals surface area (Å²) < 4.78 is 5.13. The van der Waals surface area contributed by atoms with Crippen LogP contribution >= 0.6 is 0 Å². The molecule has 1 heterocycles. The van der Waals surface area contributed by atoms with Crippen molar-refractivity contribution >= 4 is 23.2 Å². The Morgan fingerprint density at radius 3 is 2.48 bits per heavy atom. The highest BCUT2D eigenvalue weighted by Crippen LogP contribution is 2.16. The molecule has 3 aromatic rings. The molecule has 29 heavy (non-hydrogen) atoms. The van der Waals surface area contributed by atoms with Gasteiger partial charge in [0, 0.05) is 17.8 Å². The lowest BCUT2D eigenvalue weighted by molar-refractivity contribution is 0.0947. The Morgan fingerprint density at radius 1 is 1.03 bits per heavy atom. The number of aromatic nitrogens is 2. The fourth-order valence-electron chi connectivity index (χ4n) is 2.68. The third-order valence-corrected chi connectivity index (χ3v) is 4.28. The van der Waals surface area contributed by atoms with E-state index in [9.17, 15) is 9.59 Å². The number of rotatable bonds is 8. The van der Waals surface area contributed by atoms with Gasteiger partial charge in [-0.1, -0.05) is 24.3 Å².